The van der Waals surface area contributed by atoms with Crippen LogP contribution in [0.15, 0.2) is 48.7 Å². The summed E-state index contributed by atoms with van der Waals surface area (Å²) < 4.78 is 19.3. The quantitative estimate of drug-likeness (QED) is 0.508. The molecule has 2 aliphatic heterocycles. The van der Waals surface area contributed by atoms with Crippen molar-refractivity contribution >= 4 is 18.0 Å². The van der Waals surface area contributed by atoms with E-state index in [0.29, 0.717) is 19.4 Å². The predicted octanol–water partition coefficient (Wildman–Crippen LogP) is 4.33. The summed E-state index contributed by atoms with van der Waals surface area (Å²) >= 11 is 0. The fourth-order valence-electron chi connectivity index (χ4n) is 6.52. The molecule has 7 atom stereocenters. The van der Waals surface area contributed by atoms with Gasteiger partial charge >= 0.3 is 5.97 Å². The van der Waals surface area contributed by atoms with E-state index in [9.17, 15) is 19.1 Å². The Morgan fingerprint density at radius 3 is 2.69 bits per heavy atom. The Kier molecular flexibility index (Phi) is 6.45. The van der Waals surface area contributed by atoms with Gasteiger partial charge in [-0.05, 0) is 67.4 Å². The first-order valence-electron chi connectivity index (χ1n) is 12.8. The van der Waals surface area contributed by atoms with Gasteiger partial charge < -0.3 is 14.7 Å². The molecule has 0 bridgehead atoms. The Hall–Kier alpha value is -3.06. The van der Waals surface area contributed by atoms with Gasteiger partial charge in [-0.3, -0.25) is 14.6 Å². The number of fused-ring (bicyclic) bond motifs is 1. The molecule has 2 aromatic rings. The van der Waals surface area contributed by atoms with Crippen molar-refractivity contribution in [1.29, 1.82) is 0 Å². The summed E-state index contributed by atoms with van der Waals surface area (Å²) in [6, 6.07) is 10.2. The van der Waals surface area contributed by atoms with Gasteiger partial charge in [0.05, 0.1) is 11.8 Å². The summed E-state index contributed by atoms with van der Waals surface area (Å²) in [5.41, 5.74) is 1.11. The van der Waals surface area contributed by atoms with Gasteiger partial charge in [-0.15, -0.1) is 0 Å². The number of pyridine rings is 1. The largest absolute Gasteiger partial charge is 0.461 e. The minimum absolute atomic E-state index is 0.0589. The molecule has 190 valence electrons. The lowest BCUT2D eigenvalue weighted by Crippen LogP contribution is -2.56. The monoisotopic (exact) mass is 492 g/mol. The molecule has 1 saturated carbocycles. The topological polar surface area (TPSA) is 79.7 Å². The van der Waals surface area contributed by atoms with Gasteiger partial charge in [0.15, 0.2) is 5.41 Å². The van der Waals surface area contributed by atoms with Crippen molar-refractivity contribution in [1.82, 2.24) is 9.88 Å². The minimum atomic E-state index is -1.22. The van der Waals surface area contributed by atoms with Crippen LogP contribution in [-0.2, 0) is 14.3 Å². The maximum absolute atomic E-state index is 13.8. The smallest absolute Gasteiger partial charge is 0.322 e. The van der Waals surface area contributed by atoms with Crippen LogP contribution in [0.3, 0.4) is 0 Å². The third-order valence-corrected chi connectivity index (χ3v) is 8.56. The van der Waals surface area contributed by atoms with Crippen molar-refractivity contribution in [2.45, 2.75) is 45.8 Å². The number of nitrogens with zero attached hydrogens (tertiary/aromatic N) is 2. The predicted molar refractivity (Wildman–Crippen MR) is 134 cm³/mol. The summed E-state index contributed by atoms with van der Waals surface area (Å²) in [7, 11) is 0. The van der Waals surface area contributed by atoms with Crippen molar-refractivity contribution in [3.05, 3.63) is 60.2 Å². The molecule has 3 heterocycles. The van der Waals surface area contributed by atoms with E-state index in [0.717, 1.165) is 16.8 Å². The molecule has 3 aliphatic rings. The van der Waals surface area contributed by atoms with E-state index in [1.807, 2.05) is 31.2 Å². The lowest BCUT2D eigenvalue weighted by Gasteiger charge is -2.47. The summed E-state index contributed by atoms with van der Waals surface area (Å²) in [5, 5.41) is 10.0. The molecule has 0 radical (unpaired) electrons. The number of amides is 1. The molecule has 1 aromatic carbocycles. The van der Waals surface area contributed by atoms with E-state index < -0.39 is 17.5 Å². The number of likely N-dealkylation sites (tertiary alicyclic amines) is 1. The molecule has 5 unspecified atom stereocenters. The molecule has 3 fully saturated rings. The minimum Gasteiger partial charge on any atom is -0.461 e. The van der Waals surface area contributed by atoms with E-state index in [-0.39, 0.29) is 48.0 Å². The van der Waals surface area contributed by atoms with Gasteiger partial charge in [0, 0.05) is 30.8 Å². The molecule has 1 N–H and O–H groups in total. The molecule has 36 heavy (non-hydrogen) atoms. The van der Waals surface area contributed by atoms with Crippen molar-refractivity contribution in [2.75, 3.05) is 13.1 Å². The fourth-order valence-corrected chi connectivity index (χ4v) is 6.52. The van der Waals surface area contributed by atoms with Gasteiger partial charge in [-0.1, -0.05) is 38.1 Å². The summed E-state index contributed by atoms with van der Waals surface area (Å²) in [5.74, 6) is -0.899. The van der Waals surface area contributed by atoms with Crippen LogP contribution in [0.4, 0.5) is 4.39 Å². The van der Waals surface area contributed by atoms with Crippen LogP contribution in [0.5, 0.6) is 0 Å². The van der Waals surface area contributed by atoms with Gasteiger partial charge in [0.2, 0.25) is 5.91 Å². The van der Waals surface area contributed by atoms with E-state index in [2.05, 4.69) is 24.9 Å². The number of carbonyl (C=O) groups excluding carboxylic acids is 2. The maximum atomic E-state index is 13.8. The molecule has 7 heteroatoms. The molecule has 1 aliphatic carbocycles. The molecule has 6 nitrogen and oxygen atoms in total. The van der Waals surface area contributed by atoms with Crippen LogP contribution in [0.2, 0.25) is 0 Å². The van der Waals surface area contributed by atoms with E-state index >= 15 is 0 Å². The lowest BCUT2D eigenvalue weighted by molar-refractivity contribution is -0.162. The van der Waals surface area contributed by atoms with E-state index in [4.69, 9.17) is 4.74 Å². The number of esters is 1. The number of halogens is 1. The molecule has 0 spiro atoms. The first-order chi connectivity index (χ1) is 17.2. The highest BCUT2D eigenvalue weighted by molar-refractivity contribution is 6.05. The Bertz CT molecular complexity index is 1180. The Morgan fingerprint density at radius 1 is 1.22 bits per heavy atom. The summed E-state index contributed by atoms with van der Waals surface area (Å²) in [6.07, 6.45) is 5.80. The first-order valence-corrected chi connectivity index (χ1v) is 12.8. The molecule has 1 amide bonds. The normalized spacial score (nSPS) is 34.1. The Morgan fingerprint density at radius 2 is 2.03 bits per heavy atom. The second-order valence-corrected chi connectivity index (χ2v) is 10.8. The molecular formula is C29H33FN2O4. The number of hydrogen-bond donors (Lipinski definition) is 1. The highest BCUT2D eigenvalue weighted by Crippen LogP contribution is 2.57. The average molecular weight is 493 g/mol. The van der Waals surface area contributed by atoms with Gasteiger partial charge in [0.1, 0.15) is 11.9 Å². The number of allylic oxidation sites excluding steroid dienone is 1. The van der Waals surface area contributed by atoms with Crippen LogP contribution >= 0.6 is 0 Å². The second kappa shape index (κ2) is 9.43. The second-order valence-electron chi connectivity index (χ2n) is 10.8. The standard InChI is InChI=1S/C29H33FN2O4/c1-17-14-29(27(34)32-12-11-24(33)16-32)26(19(3)36-28(29)35)25(18(17)2)10-9-23-8-7-21(15-31-23)20-5-4-6-22(30)13-20/h4-10,13,15,17-19,24-26,33H,11-12,14,16H2,1-3H3/b10-9+/t17?,18?,19?,24-,25?,26?,29+/m0/s1. The molecule has 2 saturated heterocycles. The molecular weight excluding hydrogens is 459 g/mol. The number of aromatic nitrogens is 1. The van der Waals surface area contributed by atoms with E-state index in [1.165, 1.54) is 12.1 Å². The summed E-state index contributed by atoms with van der Waals surface area (Å²) in [4.78, 5) is 33.3. The lowest BCUT2D eigenvalue weighted by atomic mass is 9.54. The first kappa shape index (κ1) is 24.6. The Labute approximate surface area is 211 Å². The van der Waals surface area contributed by atoms with Crippen molar-refractivity contribution in [3.8, 4) is 11.1 Å². The van der Waals surface area contributed by atoms with Crippen LogP contribution in [0.1, 0.15) is 39.3 Å². The van der Waals surface area contributed by atoms with Crippen molar-refractivity contribution in [2.24, 2.45) is 29.1 Å². The average Bonchev–Trinajstić information content (AvgIpc) is 3.40. The number of ether oxygens (including phenoxy) is 1. The van der Waals surface area contributed by atoms with Crippen LogP contribution in [-0.4, -0.2) is 52.2 Å². The zero-order chi connectivity index (χ0) is 25.6. The third-order valence-electron chi connectivity index (χ3n) is 8.56. The Balaban J connectivity index is 1.44. The maximum Gasteiger partial charge on any atom is 0.322 e. The van der Waals surface area contributed by atoms with Crippen LogP contribution in [0, 0.1) is 34.9 Å². The number of β-amino-alcohol motifs (C(OH)–C–C–N with tert-alkyl or cyclic N) is 1. The molecule has 5 rings (SSSR count). The zero-order valence-electron chi connectivity index (χ0n) is 20.9. The van der Waals surface area contributed by atoms with Gasteiger partial charge in [-0.2, -0.15) is 0 Å². The zero-order valence-corrected chi connectivity index (χ0v) is 20.9. The highest BCUT2D eigenvalue weighted by atomic mass is 19.1. The number of cyclic esters (lactones) is 1. The number of aliphatic hydroxyl groups is 1. The van der Waals surface area contributed by atoms with Gasteiger partial charge in [0.25, 0.3) is 0 Å². The number of carbonyl (C=O) groups is 2. The highest BCUT2D eigenvalue weighted by Gasteiger charge is 2.67. The van der Waals surface area contributed by atoms with E-state index in [1.54, 1.807) is 17.2 Å². The molecule has 1 aromatic heterocycles. The summed E-state index contributed by atoms with van der Waals surface area (Å²) in [6.45, 7) is 6.87. The van der Waals surface area contributed by atoms with Crippen LogP contribution in [0.25, 0.3) is 17.2 Å². The number of aliphatic hydroxyl groups excluding tert-OH is 1. The fraction of sp³-hybridized carbons (Fsp3) is 0.483. The third kappa shape index (κ3) is 4.13. The SMILES string of the molecule is CC1C[C@@]2(C(=O)N3CC[C@H](O)C3)C(=O)OC(C)C2C(/C=C/c2ccc(-c3cccc(F)c3)cn2)C1C. The number of rotatable bonds is 4. The van der Waals surface area contributed by atoms with Crippen LogP contribution < -0.4 is 0 Å². The van der Waals surface area contributed by atoms with Crippen molar-refractivity contribution in [3.63, 3.8) is 0 Å². The number of hydrogen-bond acceptors (Lipinski definition) is 5. The van der Waals surface area contributed by atoms with Gasteiger partial charge in [-0.25, -0.2) is 4.39 Å². The van der Waals surface area contributed by atoms with Crippen molar-refractivity contribution < 1.29 is 23.8 Å². The number of benzene rings is 1.